The van der Waals surface area contributed by atoms with Gasteiger partial charge in [-0.2, -0.15) is 0 Å². The molecule has 2 saturated carbocycles. The van der Waals surface area contributed by atoms with E-state index in [2.05, 4.69) is 10.2 Å². The summed E-state index contributed by atoms with van der Waals surface area (Å²) in [5.74, 6) is 4.59. The topological polar surface area (TPSA) is 38.9 Å². The summed E-state index contributed by atoms with van der Waals surface area (Å²) in [6.45, 7) is 0. The summed E-state index contributed by atoms with van der Waals surface area (Å²) in [5.41, 5.74) is 0. The molecule has 0 aliphatic heterocycles. The molecule has 2 aliphatic rings. The number of halogens is 1. The molecular formula is C12H17ClN2O. The van der Waals surface area contributed by atoms with Crippen molar-refractivity contribution in [3.05, 3.63) is 11.8 Å². The summed E-state index contributed by atoms with van der Waals surface area (Å²) < 4.78 is 5.74. The molecule has 3 rings (SSSR count). The minimum absolute atomic E-state index is 0.552. The number of alkyl halides is 1. The molecule has 0 radical (unpaired) electrons. The quantitative estimate of drug-likeness (QED) is 0.759. The Morgan fingerprint density at radius 3 is 2.88 bits per heavy atom. The van der Waals surface area contributed by atoms with Gasteiger partial charge in [0.25, 0.3) is 0 Å². The maximum absolute atomic E-state index is 5.74. The zero-order valence-corrected chi connectivity index (χ0v) is 10.1. The molecule has 16 heavy (non-hydrogen) atoms. The van der Waals surface area contributed by atoms with Gasteiger partial charge >= 0.3 is 0 Å². The lowest BCUT2D eigenvalue weighted by atomic mass is 9.89. The fourth-order valence-electron chi connectivity index (χ4n) is 3.28. The van der Waals surface area contributed by atoms with Gasteiger partial charge in [0, 0.05) is 18.2 Å². The lowest BCUT2D eigenvalue weighted by molar-refractivity contribution is 0.335. The van der Waals surface area contributed by atoms with Gasteiger partial charge in [0.15, 0.2) is 0 Å². The Labute approximate surface area is 101 Å². The van der Waals surface area contributed by atoms with Crippen molar-refractivity contribution >= 4 is 11.6 Å². The van der Waals surface area contributed by atoms with Crippen LogP contribution >= 0.6 is 11.6 Å². The van der Waals surface area contributed by atoms with E-state index in [1.54, 1.807) is 0 Å². The predicted molar refractivity (Wildman–Crippen MR) is 61.5 cm³/mol. The molecule has 2 bridgehead atoms. The SMILES string of the molecule is ClCCCc1nnc(C2CC3CCC2C3)o1. The highest BCUT2D eigenvalue weighted by Gasteiger charge is 2.42. The minimum Gasteiger partial charge on any atom is -0.425 e. The van der Waals surface area contributed by atoms with Crippen LogP contribution in [-0.2, 0) is 6.42 Å². The largest absolute Gasteiger partial charge is 0.425 e. The number of nitrogens with zero attached hydrogens (tertiary/aromatic N) is 2. The Bertz CT molecular complexity index is 366. The molecule has 0 N–H and O–H groups in total. The van der Waals surface area contributed by atoms with Crippen molar-refractivity contribution < 1.29 is 4.42 Å². The van der Waals surface area contributed by atoms with Gasteiger partial charge in [-0.25, -0.2) is 0 Å². The van der Waals surface area contributed by atoms with Crippen molar-refractivity contribution in [2.24, 2.45) is 11.8 Å². The van der Waals surface area contributed by atoms with E-state index >= 15 is 0 Å². The molecule has 88 valence electrons. The molecule has 2 aliphatic carbocycles. The van der Waals surface area contributed by atoms with Crippen LogP contribution < -0.4 is 0 Å². The summed E-state index contributed by atoms with van der Waals surface area (Å²) >= 11 is 5.65. The first-order valence-corrected chi connectivity index (χ1v) is 6.78. The van der Waals surface area contributed by atoms with Gasteiger partial charge in [-0.15, -0.1) is 21.8 Å². The number of hydrogen-bond donors (Lipinski definition) is 0. The lowest BCUT2D eigenvalue weighted by Crippen LogP contribution is -2.08. The van der Waals surface area contributed by atoms with E-state index in [4.69, 9.17) is 16.0 Å². The average Bonchev–Trinajstić information content (AvgIpc) is 3.01. The molecule has 3 unspecified atom stereocenters. The van der Waals surface area contributed by atoms with E-state index in [1.165, 1.54) is 25.7 Å². The van der Waals surface area contributed by atoms with Gasteiger partial charge in [-0.05, 0) is 37.5 Å². The van der Waals surface area contributed by atoms with Crippen LogP contribution in [0.2, 0.25) is 0 Å². The van der Waals surface area contributed by atoms with Gasteiger partial charge in [-0.1, -0.05) is 6.42 Å². The Kier molecular flexibility index (Phi) is 2.88. The van der Waals surface area contributed by atoms with Crippen molar-refractivity contribution in [2.45, 2.75) is 44.4 Å². The highest BCUT2D eigenvalue weighted by molar-refractivity contribution is 6.17. The van der Waals surface area contributed by atoms with Crippen molar-refractivity contribution in [1.29, 1.82) is 0 Å². The highest BCUT2D eigenvalue weighted by Crippen LogP contribution is 2.52. The molecule has 3 nitrogen and oxygen atoms in total. The van der Waals surface area contributed by atoms with Crippen molar-refractivity contribution in [3.8, 4) is 0 Å². The third kappa shape index (κ3) is 1.86. The maximum Gasteiger partial charge on any atom is 0.219 e. The van der Waals surface area contributed by atoms with Crippen molar-refractivity contribution in [1.82, 2.24) is 10.2 Å². The Hall–Kier alpha value is -0.570. The lowest BCUT2D eigenvalue weighted by Gasteiger charge is -2.17. The van der Waals surface area contributed by atoms with Crippen molar-refractivity contribution in [2.75, 3.05) is 5.88 Å². The van der Waals surface area contributed by atoms with Crippen LogP contribution in [0.15, 0.2) is 4.42 Å². The molecular weight excluding hydrogens is 224 g/mol. The van der Waals surface area contributed by atoms with E-state index < -0.39 is 0 Å². The smallest absolute Gasteiger partial charge is 0.219 e. The number of hydrogen-bond acceptors (Lipinski definition) is 3. The Morgan fingerprint density at radius 1 is 1.25 bits per heavy atom. The molecule has 1 aromatic heterocycles. The zero-order valence-electron chi connectivity index (χ0n) is 9.36. The van der Waals surface area contributed by atoms with E-state index in [0.717, 1.165) is 36.5 Å². The molecule has 0 amide bonds. The standard InChI is InChI=1S/C12H17ClN2O/c13-5-1-2-11-14-15-12(16-11)10-7-8-3-4-9(10)6-8/h8-10H,1-7H2. The fraction of sp³-hybridized carbons (Fsp3) is 0.833. The first-order valence-electron chi connectivity index (χ1n) is 6.25. The normalized spacial score (nSPS) is 32.4. The summed E-state index contributed by atoms with van der Waals surface area (Å²) in [7, 11) is 0. The van der Waals surface area contributed by atoms with Crippen LogP contribution in [0.25, 0.3) is 0 Å². The summed E-state index contributed by atoms with van der Waals surface area (Å²) in [5, 5.41) is 8.32. The summed E-state index contributed by atoms with van der Waals surface area (Å²) in [6, 6.07) is 0. The second-order valence-corrected chi connectivity index (χ2v) is 5.49. The van der Waals surface area contributed by atoms with E-state index in [1.807, 2.05) is 0 Å². The summed E-state index contributed by atoms with van der Waals surface area (Å²) in [6.07, 6.45) is 7.15. The second kappa shape index (κ2) is 4.36. The van der Waals surface area contributed by atoms with Crippen LogP contribution in [0.1, 0.15) is 49.8 Å². The van der Waals surface area contributed by atoms with Gasteiger partial charge in [0.1, 0.15) is 0 Å². The molecule has 0 spiro atoms. The van der Waals surface area contributed by atoms with Crippen molar-refractivity contribution in [3.63, 3.8) is 0 Å². The van der Waals surface area contributed by atoms with E-state index in [-0.39, 0.29) is 0 Å². The van der Waals surface area contributed by atoms with Crippen LogP contribution in [0.5, 0.6) is 0 Å². The first-order chi connectivity index (χ1) is 7.86. The van der Waals surface area contributed by atoms with Gasteiger partial charge in [0.2, 0.25) is 11.8 Å². The third-order valence-corrected chi connectivity index (χ3v) is 4.33. The number of rotatable bonds is 4. The molecule has 1 aromatic rings. The monoisotopic (exact) mass is 240 g/mol. The summed E-state index contributed by atoms with van der Waals surface area (Å²) in [4.78, 5) is 0. The Balaban J connectivity index is 1.68. The molecule has 4 heteroatoms. The molecule has 0 saturated heterocycles. The number of aromatic nitrogens is 2. The second-order valence-electron chi connectivity index (χ2n) is 5.11. The number of aryl methyl sites for hydroxylation is 1. The zero-order chi connectivity index (χ0) is 11.0. The van der Waals surface area contributed by atoms with E-state index in [0.29, 0.717) is 11.8 Å². The van der Waals surface area contributed by atoms with Gasteiger partial charge in [-0.3, -0.25) is 0 Å². The molecule has 1 heterocycles. The first kappa shape index (κ1) is 10.6. The third-order valence-electron chi connectivity index (χ3n) is 4.06. The van der Waals surface area contributed by atoms with Crippen LogP contribution in [0.3, 0.4) is 0 Å². The van der Waals surface area contributed by atoms with Crippen LogP contribution in [-0.4, -0.2) is 16.1 Å². The maximum atomic E-state index is 5.74. The van der Waals surface area contributed by atoms with Crippen LogP contribution in [0, 0.1) is 11.8 Å². The minimum atomic E-state index is 0.552. The Morgan fingerprint density at radius 2 is 2.19 bits per heavy atom. The molecule has 0 aromatic carbocycles. The van der Waals surface area contributed by atoms with Crippen LogP contribution in [0.4, 0.5) is 0 Å². The van der Waals surface area contributed by atoms with E-state index in [9.17, 15) is 0 Å². The molecule has 3 atom stereocenters. The average molecular weight is 241 g/mol. The molecule has 2 fully saturated rings. The predicted octanol–water partition coefficient (Wildman–Crippen LogP) is 3.14. The number of fused-ring (bicyclic) bond motifs is 2. The van der Waals surface area contributed by atoms with Gasteiger partial charge < -0.3 is 4.42 Å². The highest BCUT2D eigenvalue weighted by atomic mass is 35.5. The fourth-order valence-corrected chi connectivity index (χ4v) is 3.42. The van der Waals surface area contributed by atoms with Gasteiger partial charge in [0.05, 0.1) is 0 Å².